The second-order valence-electron chi connectivity index (χ2n) is 5.06. The van der Waals surface area contributed by atoms with Gasteiger partial charge in [0.1, 0.15) is 12.4 Å². The molecule has 1 saturated heterocycles. The predicted octanol–water partition coefficient (Wildman–Crippen LogP) is 2.27. The van der Waals surface area contributed by atoms with Crippen LogP contribution in [0.5, 0.6) is 5.75 Å². The van der Waals surface area contributed by atoms with Crippen LogP contribution in [0.1, 0.15) is 18.1 Å². The Morgan fingerprint density at radius 1 is 1.48 bits per heavy atom. The number of hydrogen-bond acceptors (Lipinski definition) is 3. The Labute approximate surface area is 134 Å². The van der Waals surface area contributed by atoms with Crippen molar-refractivity contribution in [3.63, 3.8) is 0 Å². The first kappa shape index (κ1) is 16.1. The van der Waals surface area contributed by atoms with Gasteiger partial charge in [0.15, 0.2) is 0 Å². The second-order valence-corrected chi connectivity index (χ2v) is 5.97. The monoisotopic (exact) mass is 355 g/mol. The molecule has 6 heteroatoms. The highest BCUT2D eigenvalue weighted by molar-refractivity contribution is 9.10. The van der Waals surface area contributed by atoms with Crippen LogP contribution < -0.4 is 15.4 Å². The lowest BCUT2D eigenvalue weighted by molar-refractivity contribution is 0.202. The van der Waals surface area contributed by atoms with Crippen LogP contribution in [0.15, 0.2) is 16.6 Å². The average Bonchev–Trinajstić information content (AvgIpc) is 2.84. The Morgan fingerprint density at radius 3 is 2.95 bits per heavy atom. The van der Waals surface area contributed by atoms with Crippen molar-refractivity contribution in [1.29, 1.82) is 0 Å². The SMILES string of the molecule is CCNCc1cc(Br)cc(C)c1OCCN1CCNC1=O. The number of carbonyl (C=O) groups excluding carboxylic acids is 1. The van der Waals surface area contributed by atoms with Crippen LogP contribution >= 0.6 is 15.9 Å². The van der Waals surface area contributed by atoms with E-state index in [0.29, 0.717) is 13.2 Å². The zero-order valence-corrected chi connectivity index (χ0v) is 14.1. The van der Waals surface area contributed by atoms with Crippen molar-refractivity contribution in [2.45, 2.75) is 20.4 Å². The summed E-state index contributed by atoms with van der Waals surface area (Å²) in [6.45, 7) is 8.41. The van der Waals surface area contributed by atoms with Gasteiger partial charge in [-0.2, -0.15) is 0 Å². The minimum Gasteiger partial charge on any atom is -0.491 e. The molecule has 2 amide bonds. The van der Waals surface area contributed by atoms with Crippen LogP contribution in [-0.4, -0.2) is 43.7 Å². The Bertz CT molecular complexity index is 508. The summed E-state index contributed by atoms with van der Waals surface area (Å²) >= 11 is 3.52. The largest absolute Gasteiger partial charge is 0.491 e. The standard InChI is InChI=1S/C15H22BrN3O2/c1-3-17-10-12-9-13(16)8-11(2)14(12)21-7-6-19-5-4-18-15(19)20/h8-9,17H,3-7,10H2,1-2H3,(H,18,20). The fourth-order valence-electron chi connectivity index (χ4n) is 2.38. The molecule has 0 bridgehead atoms. The Balaban J connectivity index is 1.98. The van der Waals surface area contributed by atoms with Gasteiger partial charge < -0.3 is 20.3 Å². The van der Waals surface area contributed by atoms with E-state index in [2.05, 4.69) is 39.6 Å². The molecule has 2 rings (SSSR count). The van der Waals surface area contributed by atoms with Crippen LogP contribution in [-0.2, 0) is 6.54 Å². The van der Waals surface area contributed by atoms with Crippen molar-refractivity contribution in [3.05, 3.63) is 27.7 Å². The fourth-order valence-corrected chi connectivity index (χ4v) is 3.00. The van der Waals surface area contributed by atoms with Crippen molar-refractivity contribution in [1.82, 2.24) is 15.5 Å². The van der Waals surface area contributed by atoms with Crippen LogP contribution in [0.3, 0.4) is 0 Å². The molecule has 0 radical (unpaired) electrons. The number of benzene rings is 1. The molecule has 2 N–H and O–H groups in total. The maximum atomic E-state index is 11.5. The van der Waals surface area contributed by atoms with Crippen LogP contribution in [0.25, 0.3) is 0 Å². The van der Waals surface area contributed by atoms with Crippen LogP contribution in [0, 0.1) is 6.92 Å². The molecule has 1 aromatic rings. The topological polar surface area (TPSA) is 53.6 Å². The lowest BCUT2D eigenvalue weighted by Crippen LogP contribution is -2.32. The van der Waals surface area contributed by atoms with E-state index in [-0.39, 0.29) is 6.03 Å². The summed E-state index contributed by atoms with van der Waals surface area (Å²) in [5.41, 5.74) is 2.23. The van der Waals surface area contributed by atoms with Crippen molar-refractivity contribution < 1.29 is 9.53 Å². The van der Waals surface area contributed by atoms with Gasteiger partial charge in [0.25, 0.3) is 0 Å². The third-order valence-corrected chi connectivity index (χ3v) is 3.89. The van der Waals surface area contributed by atoms with E-state index in [1.165, 1.54) is 0 Å². The molecule has 1 aliphatic heterocycles. The first-order chi connectivity index (χ1) is 10.1. The normalized spacial score (nSPS) is 14.4. The van der Waals surface area contributed by atoms with Crippen LogP contribution in [0.4, 0.5) is 4.79 Å². The molecule has 0 atom stereocenters. The molecule has 0 saturated carbocycles. The lowest BCUT2D eigenvalue weighted by atomic mass is 10.1. The number of carbonyl (C=O) groups is 1. The minimum atomic E-state index is -0.000925. The summed E-state index contributed by atoms with van der Waals surface area (Å²) < 4.78 is 7.00. The third kappa shape index (κ3) is 4.35. The highest BCUT2D eigenvalue weighted by Crippen LogP contribution is 2.28. The van der Waals surface area contributed by atoms with Crippen molar-refractivity contribution in [2.24, 2.45) is 0 Å². The number of hydrogen-bond donors (Lipinski definition) is 2. The van der Waals surface area contributed by atoms with E-state index in [0.717, 1.165) is 47.5 Å². The molecule has 21 heavy (non-hydrogen) atoms. The van der Waals surface area contributed by atoms with E-state index in [1.807, 2.05) is 13.0 Å². The second kappa shape index (κ2) is 7.66. The zero-order valence-electron chi connectivity index (χ0n) is 12.5. The van der Waals surface area contributed by atoms with Gasteiger partial charge >= 0.3 is 6.03 Å². The molecule has 0 unspecified atom stereocenters. The number of amides is 2. The summed E-state index contributed by atoms with van der Waals surface area (Å²) in [7, 11) is 0. The highest BCUT2D eigenvalue weighted by Gasteiger charge is 2.19. The van der Waals surface area contributed by atoms with Gasteiger partial charge in [0, 0.05) is 29.7 Å². The quantitative estimate of drug-likeness (QED) is 0.788. The van der Waals surface area contributed by atoms with E-state index in [9.17, 15) is 4.79 Å². The third-order valence-electron chi connectivity index (χ3n) is 3.43. The minimum absolute atomic E-state index is 0.000925. The summed E-state index contributed by atoms with van der Waals surface area (Å²) in [6.07, 6.45) is 0. The number of nitrogens with one attached hydrogen (secondary N) is 2. The molecular formula is C15H22BrN3O2. The van der Waals surface area contributed by atoms with Crippen molar-refractivity contribution in [3.8, 4) is 5.75 Å². The van der Waals surface area contributed by atoms with Gasteiger partial charge in [-0.3, -0.25) is 0 Å². The molecule has 5 nitrogen and oxygen atoms in total. The van der Waals surface area contributed by atoms with E-state index in [1.54, 1.807) is 4.90 Å². The molecule has 0 aliphatic carbocycles. The molecular weight excluding hydrogens is 334 g/mol. The Morgan fingerprint density at radius 2 is 2.29 bits per heavy atom. The maximum Gasteiger partial charge on any atom is 0.317 e. The number of ether oxygens (including phenoxy) is 1. The number of urea groups is 1. The van der Waals surface area contributed by atoms with Gasteiger partial charge in [-0.25, -0.2) is 4.79 Å². The van der Waals surface area contributed by atoms with Gasteiger partial charge in [-0.05, 0) is 31.2 Å². The summed E-state index contributed by atoms with van der Waals surface area (Å²) in [6, 6.07) is 4.12. The van der Waals surface area contributed by atoms with Gasteiger partial charge in [0.05, 0.1) is 6.54 Å². The Kier molecular flexibility index (Phi) is 5.87. The lowest BCUT2D eigenvalue weighted by Gasteiger charge is -2.18. The fraction of sp³-hybridized carbons (Fsp3) is 0.533. The van der Waals surface area contributed by atoms with E-state index >= 15 is 0 Å². The summed E-state index contributed by atoms with van der Waals surface area (Å²) in [4.78, 5) is 13.3. The molecule has 0 spiro atoms. The molecule has 1 aromatic carbocycles. The van der Waals surface area contributed by atoms with Crippen molar-refractivity contribution in [2.75, 3.05) is 32.8 Å². The van der Waals surface area contributed by atoms with E-state index < -0.39 is 0 Å². The Hall–Kier alpha value is -1.27. The van der Waals surface area contributed by atoms with Gasteiger partial charge in [0.2, 0.25) is 0 Å². The first-order valence-electron chi connectivity index (χ1n) is 7.27. The number of rotatable bonds is 7. The smallest absolute Gasteiger partial charge is 0.317 e. The van der Waals surface area contributed by atoms with Gasteiger partial charge in [-0.1, -0.05) is 22.9 Å². The highest BCUT2D eigenvalue weighted by atomic mass is 79.9. The maximum absolute atomic E-state index is 11.5. The molecule has 1 heterocycles. The first-order valence-corrected chi connectivity index (χ1v) is 8.06. The molecule has 0 aromatic heterocycles. The molecule has 1 aliphatic rings. The summed E-state index contributed by atoms with van der Waals surface area (Å²) in [5.74, 6) is 0.916. The van der Waals surface area contributed by atoms with Crippen LogP contribution in [0.2, 0.25) is 0 Å². The molecule has 1 fully saturated rings. The number of aryl methyl sites for hydroxylation is 1. The zero-order chi connectivity index (χ0) is 15.2. The average molecular weight is 356 g/mol. The van der Waals surface area contributed by atoms with E-state index in [4.69, 9.17) is 4.74 Å². The summed E-state index contributed by atoms with van der Waals surface area (Å²) in [5, 5.41) is 6.11. The number of halogens is 1. The van der Waals surface area contributed by atoms with Gasteiger partial charge in [-0.15, -0.1) is 0 Å². The van der Waals surface area contributed by atoms with Crippen molar-refractivity contribution >= 4 is 22.0 Å². The molecule has 116 valence electrons. The number of nitrogens with zero attached hydrogens (tertiary/aromatic N) is 1. The predicted molar refractivity (Wildman–Crippen MR) is 86.7 cm³/mol.